The summed E-state index contributed by atoms with van der Waals surface area (Å²) in [7, 11) is 0. The average molecular weight is 491 g/mol. The first-order valence-corrected chi connectivity index (χ1v) is 13.5. The highest BCUT2D eigenvalue weighted by Gasteiger charge is 2.40. The molecule has 2 atom stereocenters. The minimum Gasteiger partial charge on any atom is -0.334 e. The zero-order chi connectivity index (χ0) is 25.5. The van der Waals surface area contributed by atoms with Crippen molar-refractivity contribution in [2.45, 2.75) is 24.9 Å². The van der Waals surface area contributed by atoms with Crippen molar-refractivity contribution in [3.8, 4) is 11.1 Å². The van der Waals surface area contributed by atoms with Crippen molar-refractivity contribution < 1.29 is 0 Å². The number of allylic oxidation sites excluding steroid dienone is 6. The van der Waals surface area contributed by atoms with Gasteiger partial charge in [-0.25, -0.2) is 0 Å². The summed E-state index contributed by atoms with van der Waals surface area (Å²) in [6.07, 6.45) is 17.9. The Balaban J connectivity index is 1.36. The molecule has 0 fully saturated rings. The molecule has 7 rings (SSSR count). The summed E-state index contributed by atoms with van der Waals surface area (Å²) in [6.45, 7) is 4.75. The van der Waals surface area contributed by atoms with Gasteiger partial charge in [0.15, 0.2) is 0 Å². The van der Waals surface area contributed by atoms with Crippen LogP contribution in [-0.2, 0) is 0 Å². The highest BCUT2D eigenvalue weighted by atomic mass is 15.3. The lowest BCUT2D eigenvalue weighted by molar-refractivity contribution is 0.611. The summed E-state index contributed by atoms with van der Waals surface area (Å²) in [5.41, 5.74) is 8.40. The van der Waals surface area contributed by atoms with Crippen molar-refractivity contribution in [3.05, 3.63) is 151 Å². The van der Waals surface area contributed by atoms with Gasteiger partial charge in [0.25, 0.3) is 0 Å². The minimum absolute atomic E-state index is 0.138. The summed E-state index contributed by atoms with van der Waals surface area (Å²) in [4.78, 5) is 5.00. The van der Waals surface area contributed by atoms with Crippen LogP contribution in [0.2, 0.25) is 0 Å². The fraction of sp³-hybridized carbons (Fsp3) is 0.111. The van der Waals surface area contributed by atoms with Gasteiger partial charge in [-0.3, -0.25) is 0 Å². The van der Waals surface area contributed by atoms with Crippen LogP contribution < -0.4 is 9.80 Å². The topological polar surface area (TPSA) is 6.48 Å². The Labute approximate surface area is 224 Å². The molecule has 4 aromatic carbocycles. The quantitative estimate of drug-likeness (QED) is 0.282. The van der Waals surface area contributed by atoms with E-state index < -0.39 is 0 Å². The molecule has 0 radical (unpaired) electrons. The Hall–Kier alpha value is -4.56. The van der Waals surface area contributed by atoms with Crippen LogP contribution in [-0.4, -0.2) is 12.1 Å². The van der Waals surface area contributed by atoms with Gasteiger partial charge in [-0.15, -0.1) is 0 Å². The Morgan fingerprint density at radius 3 is 2.29 bits per heavy atom. The Morgan fingerprint density at radius 2 is 1.45 bits per heavy atom. The van der Waals surface area contributed by atoms with Crippen molar-refractivity contribution in [1.29, 1.82) is 0 Å². The smallest absolute Gasteiger partial charge is 0.0769 e. The maximum Gasteiger partial charge on any atom is 0.0769 e. The highest BCUT2D eigenvalue weighted by molar-refractivity contribution is 5.95. The second kappa shape index (κ2) is 9.39. The minimum atomic E-state index is 0.138. The SMILES string of the molecule is C=C(c1ccccc1-c1ccc2ccccc2c1)N1c2ccccc2N(C2=CC=CCC2)C2C=CC=CC21. The summed E-state index contributed by atoms with van der Waals surface area (Å²) in [5, 5.41) is 2.51. The average Bonchev–Trinajstić information content (AvgIpc) is 2.99. The molecule has 0 N–H and O–H groups in total. The van der Waals surface area contributed by atoms with Crippen LogP contribution in [0.4, 0.5) is 11.4 Å². The van der Waals surface area contributed by atoms with Gasteiger partial charge in [0, 0.05) is 17.0 Å². The van der Waals surface area contributed by atoms with Gasteiger partial charge in [0.05, 0.1) is 23.5 Å². The first-order valence-electron chi connectivity index (χ1n) is 13.5. The number of para-hydroxylation sites is 2. The molecule has 1 aliphatic heterocycles. The highest BCUT2D eigenvalue weighted by Crippen LogP contribution is 2.47. The number of benzene rings is 4. The molecule has 2 unspecified atom stereocenters. The Bertz CT molecular complexity index is 1670. The standard InChI is InChI=1S/C36H30N2/c1-26(31-17-7-8-18-32(31)29-24-23-27-13-5-6-14-28(27)25-29)37-33-19-9-11-21-35(33)38(30-15-3-2-4-16-30)36-22-12-10-20-34(36)37/h2-3,5-15,17-25,33,35H,1,4,16H2. The lowest BCUT2D eigenvalue weighted by atomic mass is 9.89. The maximum absolute atomic E-state index is 4.75. The number of hydrogen-bond donors (Lipinski definition) is 0. The molecule has 3 aliphatic rings. The third-order valence-electron chi connectivity index (χ3n) is 7.97. The van der Waals surface area contributed by atoms with E-state index in [-0.39, 0.29) is 12.1 Å². The Morgan fingerprint density at radius 1 is 0.711 bits per heavy atom. The van der Waals surface area contributed by atoms with E-state index in [4.69, 9.17) is 6.58 Å². The van der Waals surface area contributed by atoms with E-state index in [0.29, 0.717) is 0 Å². The maximum atomic E-state index is 4.75. The van der Waals surface area contributed by atoms with Gasteiger partial charge < -0.3 is 9.80 Å². The summed E-state index contributed by atoms with van der Waals surface area (Å²) in [5.74, 6) is 0. The summed E-state index contributed by atoms with van der Waals surface area (Å²) < 4.78 is 0. The largest absolute Gasteiger partial charge is 0.334 e. The Kier molecular flexibility index (Phi) is 5.59. The van der Waals surface area contributed by atoms with Gasteiger partial charge >= 0.3 is 0 Å². The zero-order valence-corrected chi connectivity index (χ0v) is 21.4. The van der Waals surface area contributed by atoms with E-state index in [0.717, 1.165) is 24.1 Å². The monoisotopic (exact) mass is 490 g/mol. The second-order valence-electron chi connectivity index (χ2n) is 10.2. The fourth-order valence-corrected chi connectivity index (χ4v) is 6.19. The summed E-state index contributed by atoms with van der Waals surface area (Å²) >= 11 is 0. The van der Waals surface area contributed by atoms with Crippen LogP contribution >= 0.6 is 0 Å². The first-order chi connectivity index (χ1) is 18.8. The molecule has 0 aromatic heterocycles. The van der Waals surface area contributed by atoms with Crippen LogP contribution in [0, 0.1) is 0 Å². The number of nitrogens with zero attached hydrogens (tertiary/aromatic N) is 2. The molecular formula is C36H30N2. The number of rotatable bonds is 4. The molecule has 0 saturated carbocycles. The molecule has 184 valence electrons. The van der Waals surface area contributed by atoms with E-state index in [1.807, 2.05) is 0 Å². The van der Waals surface area contributed by atoms with Crippen LogP contribution in [0.3, 0.4) is 0 Å². The van der Waals surface area contributed by atoms with Gasteiger partial charge in [0.2, 0.25) is 0 Å². The predicted molar refractivity (Wildman–Crippen MR) is 162 cm³/mol. The van der Waals surface area contributed by atoms with Gasteiger partial charge in [-0.2, -0.15) is 0 Å². The lowest BCUT2D eigenvalue weighted by Crippen LogP contribution is -2.54. The number of anilines is 2. The predicted octanol–water partition coefficient (Wildman–Crippen LogP) is 8.90. The summed E-state index contributed by atoms with van der Waals surface area (Å²) in [6, 6.07) is 33.1. The molecule has 0 spiro atoms. The van der Waals surface area contributed by atoms with E-state index in [9.17, 15) is 0 Å². The molecule has 4 aromatic rings. The molecule has 0 saturated heterocycles. The molecular weight excluding hydrogens is 460 g/mol. The van der Waals surface area contributed by atoms with E-state index in [1.54, 1.807) is 0 Å². The molecule has 2 nitrogen and oxygen atoms in total. The fourth-order valence-electron chi connectivity index (χ4n) is 6.19. The molecule has 38 heavy (non-hydrogen) atoms. The van der Waals surface area contributed by atoms with Crippen molar-refractivity contribution >= 4 is 27.8 Å². The van der Waals surface area contributed by atoms with Gasteiger partial charge in [-0.1, -0.05) is 116 Å². The molecule has 2 aliphatic carbocycles. The van der Waals surface area contributed by atoms with Gasteiger partial charge in [-0.05, 0) is 59.0 Å². The molecule has 2 heteroatoms. The van der Waals surface area contributed by atoms with Crippen LogP contribution in [0.15, 0.2) is 146 Å². The van der Waals surface area contributed by atoms with E-state index in [2.05, 4.69) is 143 Å². The van der Waals surface area contributed by atoms with Gasteiger partial charge in [0.1, 0.15) is 0 Å². The first kappa shape index (κ1) is 22.6. The van der Waals surface area contributed by atoms with Crippen LogP contribution in [0.5, 0.6) is 0 Å². The van der Waals surface area contributed by atoms with Crippen molar-refractivity contribution in [2.24, 2.45) is 0 Å². The van der Waals surface area contributed by atoms with E-state index >= 15 is 0 Å². The normalized spacial score (nSPS) is 19.7. The lowest BCUT2D eigenvalue weighted by Gasteiger charge is -2.50. The van der Waals surface area contributed by atoms with E-state index in [1.165, 1.54) is 39.0 Å². The molecule has 0 bridgehead atoms. The van der Waals surface area contributed by atoms with Crippen LogP contribution in [0.1, 0.15) is 18.4 Å². The third kappa shape index (κ3) is 3.72. The van der Waals surface area contributed by atoms with Crippen molar-refractivity contribution in [3.63, 3.8) is 0 Å². The molecule has 0 amide bonds. The number of fused-ring (bicyclic) bond motifs is 3. The van der Waals surface area contributed by atoms with Crippen LogP contribution in [0.25, 0.3) is 27.6 Å². The van der Waals surface area contributed by atoms with Crippen molar-refractivity contribution in [1.82, 2.24) is 0 Å². The number of hydrogen-bond acceptors (Lipinski definition) is 2. The third-order valence-corrected chi connectivity index (χ3v) is 7.97. The van der Waals surface area contributed by atoms with Crippen molar-refractivity contribution in [2.75, 3.05) is 9.80 Å². The zero-order valence-electron chi connectivity index (χ0n) is 21.4. The second-order valence-corrected chi connectivity index (χ2v) is 10.2. The molecule has 1 heterocycles.